The lowest BCUT2D eigenvalue weighted by atomic mass is 10.2. The summed E-state index contributed by atoms with van der Waals surface area (Å²) in [6, 6.07) is -0.0771. The number of rotatable bonds is 5. The minimum atomic E-state index is -0.393. The highest BCUT2D eigenvalue weighted by molar-refractivity contribution is 7.99. The predicted octanol–water partition coefficient (Wildman–Crippen LogP) is 0.240. The van der Waals surface area contributed by atoms with Gasteiger partial charge in [0.15, 0.2) is 5.16 Å². The molecular formula is C12H17N3O3S. The Labute approximate surface area is 115 Å². The van der Waals surface area contributed by atoms with Crippen molar-refractivity contribution in [2.24, 2.45) is 0 Å². The van der Waals surface area contributed by atoms with E-state index in [1.165, 1.54) is 22.5 Å². The zero-order valence-electron chi connectivity index (χ0n) is 10.8. The number of aliphatic hydroxyl groups is 1. The normalized spacial score (nSPS) is 15.1. The van der Waals surface area contributed by atoms with Gasteiger partial charge in [-0.05, 0) is 19.8 Å². The molecule has 0 fully saturated rings. The Kier molecular flexibility index (Phi) is 4.60. The third kappa shape index (κ3) is 3.16. The minimum absolute atomic E-state index is 0.0771. The molecule has 0 spiro atoms. The molecule has 2 heterocycles. The van der Waals surface area contributed by atoms with Gasteiger partial charge in [0.05, 0.1) is 0 Å². The zero-order chi connectivity index (χ0) is 13.8. The van der Waals surface area contributed by atoms with Gasteiger partial charge in [-0.1, -0.05) is 11.8 Å². The number of amides is 1. The van der Waals surface area contributed by atoms with Crippen LogP contribution in [0.4, 0.5) is 0 Å². The van der Waals surface area contributed by atoms with Crippen molar-refractivity contribution in [1.82, 2.24) is 14.9 Å². The average molecular weight is 283 g/mol. The van der Waals surface area contributed by atoms with Crippen LogP contribution in [0, 0.1) is 0 Å². The SMILES string of the molecule is CC(CCCO)NC(=O)c1cnc2n(c1=O)CCS2. The lowest BCUT2D eigenvalue weighted by Gasteiger charge is -2.13. The van der Waals surface area contributed by atoms with Crippen LogP contribution in [0.5, 0.6) is 0 Å². The van der Waals surface area contributed by atoms with Crippen molar-refractivity contribution >= 4 is 17.7 Å². The van der Waals surface area contributed by atoms with Gasteiger partial charge in [0, 0.05) is 31.1 Å². The van der Waals surface area contributed by atoms with Gasteiger partial charge in [-0.25, -0.2) is 4.98 Å². The largest absolute Gasteiger partial charge is 0.396 e. The fourth-order valence-electron chi connectivity index (χ4n) is 1.94. The molecule has 1 aliphatic rings. The lowest BCUT2D eigenvalue weighted by Crippen LogP contribution is -2.38. The molecule has 104 valence electrons. The molecule has 2 N–H and O–H groups in total. The van der Waals surface area contributed by atoms with Crippen molar-refractivity contribution in [3.8, 4) is 0 Å². The van der Waals surface area contributed by atoms with Gasteiger partial charge in [-0.3, -0.25) is 14.2 Å². The number of hydrogen-bond donors (Lipinski definition) is 2. The molecule has 0 saturated carbocycles. The van der Waals surface area contributed by atoms with Gasteiger partial charge in [0.25, 0.3) is 11.5 Å². The summed E-state index contributed by atoms with van der Waals surface area (Å²) < 4.78 is 1.54. The molecule has 0 aliphatic carbocycles. The van der Waals surface area contributed by atoms with E-state index in [0.717, 1.165) is 5.75 Å². The van der Waals surface area contributed by atoms with Gasteiger partial charge >= 0.3 is 0 Å². The summed E-state index contributed by atoms with van der Waals surface area (Å²) in [5, 5.41) is 12.2. The highest BCUT2D eigenvalue weighted by Gasteiger charge is 2.20. The Bertz CT molecular complexity index is 529. The summed E-state index contributed by atoms with van der Waals surface area (Å²) in [6.45, 7) is 2.55. The molecule has 0 saturated heterocycles. The van der Waals surface area contributed by atoms with Crippen LogP contribution in [-0.4, -0.2) is 39.0 Å². The smallest absolute Gasteiger partial charge is 0.267 e. The number of nitrogens with zero attached hydrogens (tertiary/aromatic N) is 2. The number of aliphatic hydroxyl groups excluding tert-OH is 1. The monoisotopic (exact) mass is 283 g/mol. The maximum absolute atomic E-state index is 12.1. The predicted molar refractivity (Wildman–Crippen MR) is 72.5 cm³/mol. The summed E-state index contributed by atoms with van der Waals surface area (Å²) in [7, 11) is 0. The highest BCUT2D eigenvalue weighted by Crippen LogP contribution is 2.20. The summed E-state index contributed by atoms with van der Waals surface area (Å²) >= 11 is 1.52. The summed E-state index contributed by atoms with van der Waals surface area (Å²) in [4.78, 5) is 28.2. The number of nitrogens with one attached hydrogen (secondary N) is 1. The molecule has 1 unspecified atom stereocenters. The van der Waals surface area contributed by atoms with Gasteiger partial charge in [0.1, 0.15) is 5.56 Å². The molecule has 6 nitrogen and oxygen atoms in total. The van der Waals surface area contributed by atoms with Gasteiger partial charge < -0.3 is 10.4 Å². The van der Waals surface area contributed by atoms with E-state index in [2.05, 4.69) is 10.3 Å². The van der Waals surface area contributed by atoms with E-state index < -0.39 is 5.91 Å². The van der Waals surface area contributed by atoms with E-state index in [4.69, 9.17) is 5.11 Å². The first-order valence-corrected chi connectivity index (χ1v) is 7.26. The van der Waals surface area contributed by atoms with E-state index in [0.29, 0.717) is 24.5 Å². The van der Waals surface area contributed by atoms with Crippen LogP contribution in [0.15, 0.2) is 16.1 Å². The lowest BCUT2D eigenvalue weighted by molar-refractivity contribution is 0.0933. The van der Waals surface area contributed by atoms with Gasteiger partial charge in [-0.15, -0.1) is 0 Å². The summed E-state index contributed by atoms with van der Waals surface area (Å²) in [6.07, 6.45) is 2.65. The Morgan fingerprint density at radius 1 is 1.68 bits per heavy atom. The molecule has 7 heteroatoms. The Morgan fingerprint density at radius 3 is 3.21 bits per heavy atom. The summed E-state index contributed by atoms with van der Waals surface area (Å²) in [5.41, 5.74) is -0.191. The van der Waals surface area contributed by atoms with Crippen LogP contribution in [0.3, 0.4) is 0 Å². The number of hydrogen-bond acceptors (Lipinski definition) is 5. The van der Waals surface area contributed by atoms with Crippen molar-refractivity contribution < 1.29 is 9.90 Å². The third-order valence-corrected chi connectivity index (χ3v) is 3.94. The topological polar surface area (TPSA) is 84.2 Å². The van der Waals surface area contributed by atoms with Crippen LogP contribution in [0.2, 0.25) is 0 Å². The van der Waals surface area contributed by atoms with Crippen molar-refractivity contribution in [2.45, 2.75) is 37.5 Å². The number of carbonyl (C=O) groups excluding carboxylic acids is 1. The second kappa shape index (κ2) is 6.21. The molecule has 1 aromatic heterocycles. The Hall–Kier alpha value is -1.34. The van der Waals surface area contributed by atoms with Crippen molar-refractivity contribution in [3.05, 3.63) is 22.1 Å². The number of fused-ring (bicyclic) bond motifs is 1. The zero-order valence-corrected chi connectivity index (χ0v) is 11.6. The molecule has 1 atom stereocenters. The van der Waals surface area contributed by atoms with E-state index >= 15 is 0 Å². The molecule has 1 aliphatic heterocycles. The fourth-order valence-corrected chi connectivity index (χ4v) is 2.86. The van der Waals surface area contributed by atoms with Crippen molar-refractivity contribution in [1.29, 1.82) is 0 Å². The number of aromatic nitrogens is 2. The minimum Gasteiger partial charge on any atom is -0.396 e. The second-order valence-electron chi connectivity index (χ2n) is 4.50. The molecule has 19 heavy (non-hydrogen) atoms. The quantitative estimate of drug-likeness (QED) is 0.756. The van der Waals surface area contributed by atoms with E-state index in [1.54, 1.807) is 0 Å². The van der Waals surface area contributed by atoms with Crippen LogP contribution < -0.4 is 10.9 Å². The second-order valence-corrected chi connectivity index (χ2v) is 5.56. The maximum Gasteiger partial charge on any atom is 0.267 e. The molecule has 2 rings (SSSR count). The van der Waals surface area contributed by atoms with Crippen LogP contribution >= 0.6 is 11.8 Å². The molecule has 1 aromatic rings. The first-order chi connectivity index (χ1) is 9.13. The van der Waals surface area contributed by atoms with Crippen LogP contribution in [-0.2, 0) is 6.54 Å². The standard InChI is InChI=1S/C12H17N3O3S/c1-8(3-2-5-16)14-10(17)9-7-13-12-15(11(9)18)4-6-19-12/h7-8,16H,2-6H2,1H3,(H,14,17). The van der Waals surface area contributed by atoms with E-state index in [9.17, 15) is 9.59 Å². The first kappa shape index (κ1) is 14.1. The van der Waals surface area contributed by atoms with Crippen molar-refractivity contribution in [2.75, 3.05) is 12.4 Å². The molecule has 0 radical (unpaired) electrons. The Balaban J connectivity index is 2.10. The summed E-state index contributed by atoms with van der Waals surface area (Å²) in [5.74, 6) is 0.426. The molecule has 0 bridgehead atoms. The van der Waals surface area contributed by atoms with Crippen LogP contribution in [0.25, 0.3) is 0 Å². The number of carbonyl (C=O) groups is 1. The van der Waals surface area contributed by atoms with Gasteiger partial charge in [0.2, 0.25) is 0 Å². The molecular weight excluding hydrogens is 266 g/mol. The van der Waals surface area contributed by atoms with Gasteiger partial charge in [-0.2, -0.15) is 0 Å². The van der Waals surface area contributed by atoms with E-state index in [-0.39, 0.29) is 23.8 Å². The third-order valence-electron chi connectivity index (χ3n) is 2.97. The Morgan fingerprint density at radius 2 is 2.47 bits per heavy atom. The maximum atomic E-state index is 12.1. The fraction of sp³-hybridized carbons (Fsp3) is 0.583. The molecule has 1 amide bonds. The number of thioether (sulfide) groups is 1. The molecule has 0 aromatic carbocycles. The highest BCUT2D eigenvalue weighted by atomic mass is 32.2. The van der Waals surface area contributed by atoms with Crippen LogP contribution in [0.1, 0.15) is 30.1 Å². The van der Waals surface area contributed by atoms with Crippen molar-refractivity contribution in [3.63, 3.8) is 0 Å². The van der Waals surface area contributed by atoms with E-state index in [1.807, 2.05) is 6.92 Å². The average Bonchev–Trinajstić information content (AvgIpc) is 2.85. The first-order valence-electron chi connectivity index (χ1n) is 6.28.